The number of aliphatic hydroxyl groups is 1. The highest BCUT2D eigenvalue weighted by atomic mass is 79.9. The van der Waals surface area contributed by atoms with Gasteiger partial charge in [-0.2, -0.15) is 0 Å². The standard InChI is InChI=1S/C12H10BrNO/c13-10-5-3-4-9(8-10)12(15)11-6-1-2-7-14-11/h1-8,12,15H/t12-/m1/s1. The van der Waals surface area contributed by atoms with Crippen LogP contribution in [0.5, 0.6) is 0 Å². The molecule has 1 aromatic carbocycles. The quantitative estimate of drug-likeness (QED) is 0.904. The summed E-state index contributed by atoms with van der Waals surface area (Å²) in [5.74, 6) is 0. The first kappa shape index (κ1) is 10.3. The van der Waals surface area contributed by atoms with Crippen molar-refractivity contribution >= 4 is 15.9 Å². The van der Waals surface area contributed by atoms with E-state index in [-0.39, 0.29) is 0 Å². The van der Waals surface area contributed by atoms with Gasteiger partial charge in [-0.3, -0.25) is 4.98 Å². The Morgan fingerprint density at radius 3 is 2.67 bits per heavy atom. The molecule has 1 heterocycles. The average Bonchev–Trinajstić information content (AvgIpc) is 2.29. The number of benzene rings is 1. The molecular weight excluding hydrogens is 254 g/mol. The van der Waals surface area contributed by atoms with E-state index in [0.29, 0.717) is 5.69 Å². The zero-order valence-corrected chi connectivity index (χ0v) is 9.55. The van der Waals surface area contributed by atoms with Crippen LogP contribution in [0.4, 0.5) is 0 Å². The van der Waals surface area contributed by atoms with Gasteiger partial charge in [0.1, 0.15) is 6.10 Å². The molecule has 0 radical (unpaired) electrons. The smallest absolute Gasteiger partial charge is 0.121 e. The summed E-state index contributed by atoms with van der Waals surface area (Å²) in [5.41, 5.74) is 1.50. The lowest BCUT2D eigenvalue weighted by atomic mass is 10.1. The molecule has 0 saturated carbocycles. The summed E-state index contributed by atoms with van der Waals surface area (Å²) in [7, 11) is 0. The number of halogens is 1. The Kier molecular flexibility index (Phi) is 3.14. The second-order valence-electron chi connectivity index (χ2n) is 3.21. The molecule has 76 valence electrons. The van der Waals surface area contributed by atoms with Gasteiger partial charge in [-0.15, -0.1) is 0 Å². The van der Waals surface area contributed by atoms with Crippen LogP contribution in [0, 0.1) is 0 Å². The number of aromatic nitrogens is 1. The molecule has 0 aliphatic heterocycles. The highest BCUT2D eigenvalue weighted by Gasteiger charge is 2.10. The zero-order chi connectivity index (χ0) is 10.7. The van der Waals surface area contributed by atoms with E-state index in [2.05, 4.69) is 20.9 Å². The fraction of sp³-hybridized carbons (Fsp3) is 0.0833. The molecule has 1 aromatic heterocycles. The maximum Gasteiger partial charge on any atom is 0.121 e. The Morgan fingerprint density at radius 1 is 1.13 bits per heavy atom. The number of hydrogen-bond acceptors (Lipinski definition) is 2. The Morgan fingerprint density at radius 2 is 2.00 bits per heavy atom. The van der Waals surface area contributed by atoms with Crippen molar-refractivity contribution in [3.05, 3.63) is 64.4 Å². The molecule has 2 aromatic rings. The molecule has 0 amide bonds. The molecule has 1 N–H and O–H groups in total. The molecule has 0 aliphatic carbocycles. The predicted octanol–water partition coefficient (Wildman–Crippen LogP) is 2.93. The summed E-state index contributed by atoms with van der Waals surface area (Å²) in [4.78, 5) is 4.12. The topological polar surface area (TPSA) is 33.1 Å². The van der Waals surface area contributed by atoms with Gasteiger partial charge < -0.3 is 5.11 Å². The maximum atomic E-state index is 10.0. The molecule has 0 saturated heterocycles. The van der Waals surface area contributed by atoms with Gasteiger partial charge in [0, 0.05) is 10.7 Å². The summed E-state index contributed by atoms with van der Waals surface area (Å²) in [6.07, 6.45) is 1.01. The van der Waals surface area contributed by atoms with Crippen LogP contribution in [0.25, 0.3) is 0 Å². The van der Waals surface area contributed by atoms with Crippen molar-refractivity contribution in [1.29, 1.82) is 0 Å². The Hall–Kier alpha value is -1.19. The van der Waals surface area contributed by atoms with Crippen LogP contribution in [-0.2, 0) is 0 Å². The second-order valence-corrected chi connectivity index (χ2v) is 4.13. The third-order valence-corrected chi connectivity index (χ3v) is 2.63. The van der Waals surface area contributed by atoms with Gasteiger partial charge in [-0.1, -0.05) is 34.1 Å². The Bertz CT molecular complexity index is 444. The molecule has 2 nitrogen and oxygen atoms in total. The maximum absolute atomic E-state index is 10.0. The van der Waals surface area contributed by atoms with E-state index in [9.17, 15) is 5.11 Å². The minimum absolute atomic E-state index is 0.663. The molecule has 15 heavy (non-hydrogen) atoms. The molecule has 0 fully saturated rings. The van der Waals surface area contributed by atoms with Gasteiger partial charge >= 0.3 is 0 Å². The van der Waals surface area contributed by atoms with Crippen LogP contribution in [0.2, 0.25) is 0 Å². The Balaban J connectivity index is 2.32. The minimum Gasteiger partial charge on any atom is -0.382 e. The van der Waals surface area contributed by atoms with E-state index in [4.69, 9.17) is 0 Å². The van der Waals surface area contributed by atoms with Gasteiger partial charge in [0.2, 0.25) is 0 Å². The van der Waals surface area contributed by atoms with Crippen LogP contribution in [0.15, 0.2) is 53.1 Å². The number of rotatable bonds is 2. The van der Waals surface area contributed by atoms with E-state index in [0.717, 1.165) is 10.0 Å². The summed E-state index contributed by atoms with van der Waals surface area (Å²) < 4.78 is 0.954. The van der Waals surface area contributed by atoms with Crippen molar-refractivity contribution < 1.29 is 5.11 Å². The first-order valence-electron chi connectivity index (χ1n) is 4.62. The van der Waals surface area contributed by atoms with Gasteiger partial charge in [0.05, 0.1) is 5.69 Å². The van der Waals surface area contributed by atoms with E-state index in [1.807, 2.05) is 42.5 Å². The average molecular weight is 264 g/mol. The Labute approximate surface area is 96.7 Å². The van der Waals surface area contributed by atoms with Crippen LogP contribution in [0.3, 0.4) is 0 Å². The van der Waals surface area contributed by atoms with Crippen LogP contribution in [-0.4, -0.2) is 10.1 Å². The lowest BCUT2D eigenvalue weighted by Gasteiger charge is -2.10. The molecule has 1 atom stereocenters. The van der Waals surface area contributed by atoms with E-state index < -0.39 is 6.10 Å². The van der Waals surface area contributed by atoms with Gasteiger partial charge in [-0.05, 0) is 29.8 Å². The first-order valence-corrected chi connectivity index (χ1v) is 5.41. The summed E-state index contributed by atoms with van der Waals surface area (Å²) in [6.45, 7) is 0. The van der Waals surface area contributed by atoms with Crippen molar-refractivity contribution in [2.24, 2.45) is 0 Å². The lowest BCUT2D eigenvalue weighted by molar-refractivity contribution is 0.215. The fourth-order valence-electron chi connectivity index (χ4n) is 1.39. The van der Waals surface area contributed by atoms with Crippen molar-refractivity contribution in [2.45, 2.75) is 6.10 Å². The lowest BCUT2D eigenvalue weighted by Crippen LogP contribution is -2.01. The fourth-order valence-corrected chi connectivity index (χ4v) is 1.80. The van der Waals surface area contributed by atoms with Crippen molar-refractivity contribution in [1.82, 2.24) is 4.98 Å². The monoisotopic (exact) mass is 263 g/mol. The zero-order valence-electron chi connectivity index (χ0n) is 7.97. The largest absolute Gasteiger partial charge is 0.382 e. The van der Waals surface area contributed by atoms with E-state index in [1.165, 1.54) is 0 Å². The highest BCUT2D eigenvalue weighted by molar-refractivity contribution is 9.10. The van der Waals surface area contributed by atoms with Crippen molar-refractivity contribution in [3.8, 4) is 0 Å². The molecular formula is C12H10BrNO. The van der Waals surface area contributed by atoms with Crippen LogP contribution < -0.4 is 0 Å². The van der Waals surface area contributed by atoms with Gasteiger partial charge in [-0.25, -0.2) is 0 Å². The first-order chi connectivity index (χ1) is 7.27. The normalized spacial score (nSPS) is 12.4. The van der Waals surface area contributed by atoms with Gasteiger partial charge in [0.15, 0.2) is 0 Å². The molecule has 0 bridgehead atoms. The summed E-state index contributed by atoms with van der Waals surface area (Å²) >= 11 is 3.37. The van der Waals surface area contributed by atoms with Gasteiger partial charge in [0.25, 0.3) is 0 Å². The number of hydrogen-bond donors (Lipinski definition) is 1. The number of pyridine rings is 1. The van der Waals surface area contributed by atoms with Crippen LogP contribution >= 0.6 is 15.9 Å². The highest BCUT2D eigenvalue weighted by Crippen LogP contribution is 2.22. The van der Waals surface area contributed by atoms with Crippen molar-refractivity contribution in [2.75, 3.05) is 0 Å². The molecule has 2 rings (SSSR count). The predicted molar refractivity (Wildman–Crippen MR) is 62.4 cm³/mol. The summed E-state index contributed by atoms with van der Waals surface area (Å²) in [5, 5.41) is 10.0. The van der Waals surface area contributed by atoms with Crippen molar-refractivity contribution in [3.63, 3.8) is 0 Å². The summed E-state index contributed by atoms with van der Waals surface area (Å²) in [6, 6.07) is 13.1. The molecule has 0 spiro atoms. The van der Waals surface area contributed by atoms with Crippen LogP contribution in [0.1, 0.15) is 17.4 Å². The third kappa shape index (κ3) is 2.43. The molecule has 3 heteroatoms. The SMILES string of the molecule is O[C@H](c1cccc(Br)c1)c1ccccn1. The van der Waals surface area contributed by atoms with E-state index in [1.54, 1.807) is 6.20 Å². The number of aliphatic hydroxyl groups excluding tert-OH is 1. The number of nitrogens with zero attached hydrogens (tertiary/aromatic N) is 1. The molecule has 0 aliphatic rings. The van der Waals surface area contributed by atoms with E-state index >= 15 is 0 Å². The third-order valence-electron chi connectivity index (χ3n) is 2.13. The minimum atomic E-state index is -0.663. The second kappa shape index (κ2) is 4.55. The molecule has 0 unspecified atom stereocenters.